The number of aliphatic hydroxyl groups is 1. The van der Waals surface area contributed by atoms with Crippen LogP contribution in [0.1, 0.15) is 27.9 Å². The number of nitrogens with one attached hydrogen (secondary N) is 1. The fourth-order valence-corrected chi connectivity index (χ4v) is 4.19. The number of benzene rings is 4. The van der Waals surface area contributed by atoms with Gasteiger partial charge in [-0.25, -0.2) is 4.39 Å². The molecule has 3 heteroatoms. The van der Waals surface area contributed by atoms with Gasteiger partial charge in [0, 0.05) is 16.5 Å². The first-order valence-electron chi connectivity index (χ1n) is 10.5. The molecule has 0 aliphatic rings. The van der Waals surface area contributed by atoms with Crippen molar-refractivity contribution in [1.82, 2.24) is 4.98 Å². The highest BCUT2D eigenvalue weighted by molar-refractivity contribution is 5.94. The van der Waals surface area contributed by atoms with Crippen molar-refractivity contribution in [2.24, 2.45) is 0 Å². The minimum atomic E-state index is -1.38. The van der Waals surface area contributed by atoms with Crippen molar-refractivity contribution in [3.8, 4) is 0 Å². The average Bonchev–Trinajstić information content (AvgIpc) is 3.23. The minimum absolute atomic E-state index is 0.266. The summed E-state index contributed by atoms with van der Waals surface area (Å²) < 4.78 is 13.3. The van der Waals surface area contributed by atoms with E-state index in [1.165, 1.54) is 12.1 Å². The second kappa shape index (κ2) is 8.29. The molecule has 0 aliphatic carbocycles. The quantitative estimate of drug-likeness (QED) is 0.324. The van der Waals surface area contributed by atoms with Crippen molar-refractivity contribution in [3.63, 3.8) is 0 Å². The largest absolute Gasteiger partial charge is 0.375 e. The molecule has 1 aromatic heterocycles. The molecule has 2 nitrogen and oxygen atoms in total. The minimum Gasteiger partial charge on any atom is -0.375 e. The van der Waals surface area contributed by atoms with E-state index in [1.807, 2.05) is 97.1 Å². The first-order chi connectivity index (χ1) is 15.7. The number of fused-ring (bicyclic) bond motifs is 1. The molecule has 0 radical (unpaired) electrons. The van der Waals surface area contributed by atoms with Crippen LogP contribution >= 0.6 is 0 Å². The smallest absolute Gasteiger partial charge is 0.155 e. The van der Waals surface area contributed by atoms with Gasteiger partial charge in [-0.05, 0) is 34.9 Å². The first kappa shape index (κ1) is 20.0. The summed E-state index contributed by atoms with van der Waals surface area (Å²) in [6, 6.07) is 33.7. The van der Waals surface area contributed by atoms with Gasteiger partial charge in [0.15, 0.2) is 5.60 Å². The summed E-state index contributed by atoms with van der Waals surface area (Å²) in [5, 5.41) is 13.3. The molecule has 4 aromatic carbocycles. The molecule has 0 aliphatic heterocycles. The maximum absolute atomic E-state index is 13.3. The van der Waals surface area contributed by atoms with E-state index in [0.29, 0.717) is 5.69 Å². The van der Waals surface area contributed by atoms with Crippen LogP contribution in [0.2, 0.25) is 0 Å². The molecule has 0 saturated heterocycles. The summed E-state index contributed by atoms with van der Waals surface area (Å²) in [4.78, 5) is 3.49. The Morgan fingerprint density at radius 1 is 0.656 bits per heavy atom. The molecule has 5 rings (SSSR count). The third-order valence-corrected chi connectivity index (χ3v) is 5.80. The van der Waals surface area contributed by atoms with Crippen molar-refractivity contribution in [2.75, 3.05) is 0 Å². The molecule has 156 valence electrons. The molecule has 0 amide bonds. The van der Waals surface area contributed by atoms with Crippen LogP contribution in [-0.2, 0) is 5.60 Å². The van der Waals surface area contributed by atoms with Gasteiger partial charge in [0.2, 0.25) is 0 Å². The van der Waals surface area contributed by atoms with E-state index in [0.717, 1.165) is 33.2 Å². The predicted molar refractivity (Wildman–Crippen MR) is 129 cm³/mol. The lowest BCUT2D eigenvalue weighted by Gasteiger charge is -2.29. The van der Waals surface area contributed by atoms with Crippen molar-refractivity contribution in [1.29, 1.82) is 0 Å². The Balaban J connectivity index is 1.76. The Morgan fingerprint density at radius 3 is 1.84 bits per heavy atom. The number of hydrogen-bond donors (Lipinski definition) is 2. The van der Waals surface area contributed by atoms with Crippen LogP contribution in [0.4, 0.5) is 4.39 Å². The van der Waals surface area contributed by atoms with Gasteiger partial charge in [-0.2, -0.15) is 0 Å². The highest BCUT2D eigenvalue weighted by atomic mass is 19.1. The third-order valence-electron chi connectivity index (χ3n) is 5.80. The Bertz CT molecular complexity index is 1330. The number of aromatic nitrogens is 1. The Labute approximate surface area is 186 Å². The molecule has 0 unspecified atom stereocenters. The van der Waals surface area contributed by atoms with Crippen LogP contribution < -0.4 is 0 Å². The van der Waals surface area contributed by atoms with Crippen molar-refractivity contribution < 1.29 is 9.50 Å². The Kier molecular flexibility index (Phi) is 5.18. The summed E-state index contributed by atoms with van der Waals surface area (Å²) in [6.07, 6.45) is 3.92. The molecule has 32 heavy (non-hydrogen) atoms. The van der Waals surface area contributed by atoms with E-state index in [4.69, 9.17) is 0 Å². The van der Waals surface area contributed by atoms with Crippen LogP contribution in [0.3, 0.4) is 0 Å². The van der Waals surface area contributed by atoms with E-state index in [2.05, 4.69) is 4.98 Å². The standard InChI is InChI=1S/C29H22FNO/c30-24-18-15-21(16-19-24)17-20-26-25-13-7-8-14-27(25)31-28(26)29(32,22-9-3-1-4-10-22)23-11-5-2-6-12-23/h1-20,31-32H. The van der Waals surface area contributed by atoms with Crippen molar-refractivity contribution in [3.05, 3.63) is 143 Å². The molecule has 0 atom stereocenters. The fourth-order valence-electron chi connectivity index (χ4n) is 4.19. The van der Waals surface area contributed by atoms with Crippen molar-refractivity contribution >= 4 is 23.1 Å². The van der Waals surface area contributed by atoms with Gasteiger partial charge < -0.3 is 10.1 Å². The van der Waals surface area contributed by atoms with Gasteiger partial charge in [-0.3, -0.25) is 0 Å². The monoisotopic (exact) mass is 419 g/mol. The number of rotatable bonds is 5. The first-order valence-corrected chi connectivity index (χ1v) is 10.5. The molecule has 1 heterocycles. The molecular weight excluding hydrogens is 397 g/mol. The van der Waals surface area contributed by atoms with E-state index in [1.54, 1.807) is 12.1 Å². The number of para-hydroxylation sites is 1. The summed E-state index contributed by atoms with van der Waals surface area (Å²) in [5.41, 5.74) is 3.56. The molecule has 0 saturated carbocycles. The lowest BCUT2D eigenvalue weighted by Crippen LogP contribution is -2.30. The van der Waals surface area contributed by atoms with Crippen LogP contribution in [0, 0.1) is 5.82 Å². The number of hydrogen-bond acceptors (Lipinski definition) is 1. The Morgan fingerprint density at radius 2 is 1.22 bits per heavy atom. The lowest BCUT2D eigenvalue weighted by atomic mass is 9.81. The van der Waals surface area contributed by atoms with Crippen LogP contribution in [0.25, 0.3) is 23.1 Å². The molecule has 0 spiro atoms. The molecule has 0 fully saturated rings. The topological polar surface area (TPSA) is 36.0 Å². The van der Waals surface area contributed by atoms with E-state index < -0.39 is 5.60 Å². The number of H-pyrrole nitrogens is 1. The van der Waals surface area contributed by atoms with Crippen LogP contribution in [-0.4, -0.2) is 10.1 Å². The zero-order valence-corrected chi connectivity index (χ0v) is 17.4. The molecule has 5 aromatic rings. The van der Waals surface area contributed by atoms with Crippen LogP contribution in [0.5, 0.6) is 0 Å². The second-order valence-corrected chi connectivity index (χ2v) is 7.79. The number of aromatic amines is 1. The van der Waals surface area contributed by atoms with Gasteiger partial charge >= 0.3 is 0 Å². The number of halogens is 1. The summed E-state index contributed by atoms with van der Waals surface area (Å²) in [7, 11) is 0. The van der Waals surface area contributed by atoms with E-state index >= 15 is 0 Å². The van der Waals surface area contributed by atoms with E-state index in [-0.39, 0.29) is 5.82 Å². The maximum atomic E-state index is 13.3. The molecular formula is C29H22FNO. The van der Waals surface area contributed by atoms with Gasteiger partial charge in [0.05, 0.1) is 5.69 Å². The van der Waals surface area contributed by atoms with Gasteiger partial charge in [0.1, 0.15) is 5.82 Å². The summed E-state index contributed by atoms with van der Waals surface area (Å²) >= 11 is 0. The Hall–Kier alpha value is -3.95. The SMILES string of the molecule is OC(c1ccccc1)(c1ccccc1)c1[nH]c2ccccc2c1C=Cc1ccc(F)cc1. The normalized spacial score (nSPS) is 11.9. The van der Waals surface area contributed by atoms with Crippen molar-refractivity contribution in [2.45, 2.75) is 5.60 Å². The highest BCUT2D eigenvalue weighted by Gasteiger charge is 2.37. The van der Waals surface area contributed by atoms with Gasteiger partial charge in [-0.1, -0.05) is 103 Å². The third kappa shape index (κ3) is 3.53. The van der Waals surface area contributed by atoms with Crippen LogP contribution in [0.15, 0.2) is 109 Å². The van der Waals surface area contributed by atoms with E-state index in [9.17, 15) is 9.50 Å². The molecule has 2 N–H and O–H groups in total. The van der Waals surface area contributed by atoms with Gasteiger partial charge in [0.25, 0.3) is 0 Å². The second-order valence-electron chi connectivity index (χ2n) is 7.79. The predicted octanol–water partition coefficient (Wildman–Crippen LogP) is 6.76. The molecule has 0 bridgehead atoms. The zero-order valence-electron chi connectivity index (χ0n) is 17.4. The zero-order chi connectivity index (χ0) is 22.0. The highest BCUT2D eigenvalue weighted by Crippen LogP contribution is 2.40. The lowest BCUT2D eigenvalue weighted by molar-refractivity contribution is 0.121. The maximum Gasteiger partial charge on any atom is 0.155 e. The summed E-state index contributed by atoms with van der Waals surface area (Å²) in [6.45, 7) is 0. The fraction of sp³-hybridized carbons (Fsp3) is 0.0345. The summed E-state index contributed by atoms with van der Waals surface area (Å²) in [5.74, 6) is -0.266. The van der Waals surface area contributed by atoms with Gasteiger partial charge in [-0.15, -0.1) is 0 Å². The average molecular weight is 419 g/mol.